The molecule has 0 aliphatic rings. The Kier molecular flexibility index (Phi) is 1.92. The fourth-order valence-corrected chi connectivity index (χ4v) is 0.839. The van der Waals surface area contributed by atoms with E-state index in [2.05, 4.69) is 6.58 Å². The van der Waals surface area contributed by atoms with Crippen molar-refractivity contribution < 1.29 is 4.42 Å². The van der Waals surface area contributed by atoms with Crippen LogP contribution in [0.2, 0.25) is 0 Å². The van der Waals surface area contributed by atoms with E-state index in [1.54, 1.807) is 18.6 Å². The molecule has 2 N–H and O–H groups in total. The molecular weight excluding hydrogens is 126 g/mol. The van der Waals surface area contributed by atoms with E-state index in [9.17, 15) is 0 Å². The summed E-state index contributed by atoms with van der Waals surface area (Å²) in [6.07, 6.45) is 5.03. The van der Waals surface area contributed by atoms with E-state index in [4.69, 9.17) is 10.2 Å². The Hall–Kier alpha value is -1.02. The van der Waals surface area contributed by atoms with Gasteiger partial charge in [-0.2, -0.15) is 0 Å². The smallest absolute Gasteiger partial charge is 0.0956 e. The summed E-state index contributed by atoms with van der Waals surface area (Å²) in [5, 5.41) is 0. The summed E-state index contributed by atoms with van der Waals surface area (Å²) in [5.74, 6) is 0. The highest BCUT2D eigenvalue weighted by atomic mass is 16.3. The van der Waals surface area contributed by atoms with Gasteiger partial charge in [0.2, 0.25) is 0 Å². The molecule has 0 radical (unpaired) electrons. The lowest BCUT2D eigenvalue weighted by atomic mass is 10.1. The number of nitrogens with two attached hydrogens (primary N) is 1. The summed E-state index contributed by atoms with van der Waals surface area (Å²) >= 11 is 0. The lowest BCUT2D eigenvalue weighted by Gasteiger charge is -2.01. The molecule has 0 fully saturated rings. The Balaban J connectivity index is 2.92. The second-order valence-corrected chi connectivity index (χ2v) is 2.27. The molecule has 2 nitrogen and oxygen atoms in total. The van der Waals surface area contributed by atoms with Crippen molar-refractivity contribution in [2.75, 3.05) is 0 Å². The van der Waals surface area contributed by atoms with Crippen molar-refractivity contribution in [2.45, 2.75) is 13.0 Å². The van der Waals surface area contributed by atoms with Gasteiger partial charge in [0.05, 0.1) is 18.6 Å². The summed E-state index contributed by atoms with van der Waals surface area (Å²) < 4.78 is 4.94. The zero-order valence-corrected chi connectivity index (χ0v) is 6.00. The average molecular weight is 137 g/mol. The van der Waals surface area contributed by atoms with Crippen LogP contribution in [0.3, 0.4) is 0 Å². The second-order valence-electron chi connectivity index (χ2n) is 2.27. The first kappa shape index (κ1) is 7.09. The first-order chi connectivity index (χ1) is 4.75. The molecule has 54 valence electrons. The predicted octanol–water partition coefficient (Wildman–Crippen LogP) is 1.77. The zero-order chi connectivity index (χ0) is 7.56. The highest BCUT2D eigenvalue weighted by Gasteiger charge is 2.05. The monoisotopic (exact) mass is 137 g/mol. The van der Waals surface area contributed by atoms with Crippen LogP contribution in [0.1, 0.15) is 17.2 Å². The number of hydrogen-bond donors (Lipinski definition) is 1. The fraction of sp³-hybridized carbons (Fsp3) is 0.250. The average Bonchev–Trinajstić information content (AvgIpc) is 2.34. The third-order valence-electron chi connectivity index (χ3n) is 1.51. The van der Waals surface area contributed by atoms with Crippen molar-refractivity contribution in [3.8, 4) is 0 Å². The summed E-state index contributed by atoms with van der Waals surface area (Å²) in [5.41, 5.74) is 7.75. The number of aryl methyl sites for hydroxylation is 1. The molecule has 0 aromatic carbocycles. The molecule has 0 aliphatic heterocycles. The Morgan fingerprint density at radius 3 is 2.80 bits per heavy atom. The van der Waals surface area contributed by atoms with Crippen molar-refractivity contribution in [1.29, 1.82) is 0 Å². The van der Waals surface area contributed by atoms with E-state index < -0.39 is 0 Å². The molecule has 1 atom stereocenters. The van der Waals surface area contributed by atoms with Crippen LogP contribution in [0.4, 0.5) is 0 Å². The number of rotatable bonds is 2. The molecule has 1 unspecified atom stereocenters. The first-order valence-electron chi connectivity index (χ1n) is 3.16. The molecule has 10 heavy (non-hydrogen) atoms. The van der Waals surface area contributed by atoms with Gasteiger partial charge in [0.15, 0.2) is 0 Å². The van der Waals surface area contributed by atoms with E-state index in [0.29, 0.717) is 0 Å². The minimum atomic E-state index is -0.0984. The second kappa shape index (κ2) is 2.71. The van der Waals surface area contributed by atoms with Crippen LogP contribution < -0.4 is 5.73 Å². The van der Waals surface area contributed by atoms with Gasteiger partial charge in [-0.15, -0.1) is 6.58 Å². The van der Waals surface area contributed by atoms with Gasteiger partial charge in [0.25, 0.3) is 0 Å². The molecule has 2 heteroatoms. The van der Waals surface area contributed by atoms with Crippen molar-refractivity contribution in [2.24, 2.45) is 5.73 Å². The SMILES string of the molecule is C=CC(N)c1cocc1C. The molecule has 0 amide bonds. The molecular formula is C8H11NO. The Morgan fingerprint density at radius 1 is 1.70 bits per heavy atom. The first-order valence-corrected chi connectivity index (χ1v) is 3.16. The normalized spacial score (nSPS) is 13.0. The van der Waals surface area contributed by atoms with Crippen LogP contribution in [0, 0.1) is 6.92 Å². The Bertz CT molecular complexity index is 227. The lowest BCUT2D eigenvalue weighted by Crippen LogP contribution is -2.06. The van der Waals surface area contributed by atoms with Crippen molar-refractivity contribution >= 4 is 0 Å². The number of furan rings is 1. The minimum absolute atomic E-state index is 0.0984. The molecule has 0 bridgehead atoms. The predicted molar refractivity (Wildman–Crippen MR) is 40.6 cm³/mol. The molecule has 1 aromatic heterocycles. The van der Waals surface area contributed by atoms with Gasteiger partial charge in [0.1, 0.15) is 0 Å². The van der Waals surface area contributed by atoms with E-state index in [0.717, 1.165) is 11.1 Å². The standard InChI is InChI=1S/C8H11NO/c1-3-8(9)7-5-10-4-6(7)2/h3-5,8H,1,9H2,2H3. The van der Waals surface area contributed by atoms with Gasteiger partial charge < -0.3 is 10.2 Å². The highest BCUT2D eigenvalue weighted by molar-refractivity contribution is 5.25. The van der Waals surface area contributed by atoms with E-state index in [1.165, 1.54) is 0 Å². The number of hydrogen-bond acceptors (Lipinski definition) is 2. The molecule has 1 rings (SSSR count). The van der Waals surface area contributed by atoms with Gasteiger partial charge >= 0.3 is 0 Å². The summed E-state index contributed by atoms with van der Waals surface area (Å²) in [7, 11) is 0. The zero-order valence-electron chi connectivity index (χ0n) is 6.00. The topological polar surface area (TPSA) is 39.2 Å². The summed E-state index contributed by atoms with van der Waals surface area (Å²) in [6.45, 7) is 5.55. The van der Waals surface area contributed by atoms with Crippen molar-refractivity contribution in [3.63, 3.8) is 0 Å². The Labute approximate surface area is 60.3 Å². The molecule has 0 spiro atoms. The molecule has 1 aromatic rings. The van der Waals surface area contributed by atoms with E-state index in [-0.39, 0.29) is 6.04 Å². The van der Waals surface area contributed by atoms with Crippen LogP contribution >= 0.6 is 0 Å². The maximum absolute atomic E-state index is 5.66. The Morgan fingerprint density at radius 2 is 2.40 bits per heavy atom. The fourth-order valence-electron chi connectivity index (χ4n) is 0.839. The quantitative estimate of drug-likeness (QED) is 0.631. The van der Waals surface area contributed by atoms with Crippen LogP contribution in [0.15, 0.2) is 29.6 Å². The van der Waals surface area contributed by atoms with Gasteiger partial charge in [-0.3, -0.25) is 0 Å². The van der Waals surface area contributed by atoms with Gasteiger partial charge in [0, 0.05) is 5.56 Å². The van der Waals surface area contributed by atoms with Crippen LogP contribution in [0.5, 0.6) is 0 Å². The van der Waals surface area contributed by atoms with Gasteiger partial charge in [-0.25, -0.2) is 0 Å². The third-order valence-corrected chi connectivity index (χ3v) is 1.51. The van der Waals surface area contributed by atoms with Gasteiger partial charge in [-0.1, -0.05) is 6.08 Å². The molecule has 0 saturated carbocycles. The molecule has 1 heterocycles. The van der Waals surface area contributed by atoms with Gasteiger partial charge in [-0.05, 0) is 12.5 Å². The summed E-state index contributed by atoms with van der Waals surface area (Å²) in [4.78, 5) is 0. The summed E-state index contributed by atoms with van der Waals surface area (Å²) in [6, 6.07) is -0.0984. The van der Waals surface area contributed by atoms with E-state index >= 15 is 0 Å². The lowest BCUT2D eigenvalue weighted by molar-refractivity contribution is 0.561. The van der Waals surface area contributed by atoms with E-state index in [1.807, 2.05) is 6.92 Å². The van der Waals surface area contributed by atoms with Crippen LogP contribution in [-0.2, 0) is 0 Å². The van der Waals surface area contributed by atoms with Crippen LogP contribution in [-0.4, -0.2) is 0 Å². The minimum Gasteiger partial charge on any atom is -0.472 e. The largest absolute Gasteiger partial charge is 0.472 e. The third kappa shape index (κ3) is 1.11. The molecule has 0 saturated heterocycles. The molecule has 0 aliphatic carbocycles. The van der Waals surface area contributed by atoms with Crippen LogP contribution in [0.25, 0.3) is 0 Å². The van der Waals surface area contributed by atoms with Crippen molar-refractivity contribution in [1.82, 2.24) is 0 Å². The maximum atomic E-state index is 5.66. The highest BCUT2D eigenvalue weighted by Crippen LogP contribution is 2.16. The van der Waals surface area contributed by atoms with Crippen molar-refractivity contribution in [3.05, 3.63) is 36.3 Å². The maximum Gasteiger partial charge on any atom is 0.0956 e.